The van der Waals surface area contributed by atoms with Crippen LogP contribution in [0.1, 0.15) is 17.4 Å². The van der Waals surface area contributed by atoms with Gasteiger partial charge >= 0.3 is 0 Å². The molecular formula is C14H14BrFN2O. The number of carbonyl (C=O) groups excluding carboxylic acids is 1. The molecule has 0 unspecified atom stereocenters. The highest BCUT2D eigenvalue weighted by Crippen LogP contribution is 2.22. The highest BCUT2D eigenvalue weighted by molar-refractivity contribution is 9.10. The van der Waals surface area contributed by atoms with Crippen LogP contribution in [0.25, 0.3) is 0 Å². The van der Waals surface area contributed by atoms with E-state index in [9.17, 15) is 9.18 Å². The number of amides is 1. The maximum Gasteiger partial charge on any atom is 0.274 e. The first-order valence-electron chi connectivity index (χ1n) is 5.93. The Morgan fingerprint density at radius 2 is 2.11 bits per heavy atom. The number of para-hydroxylation sites is 1. The first-order chi connectivity index (χ1) is 9.04. The molecule has 2 aromatic rings. The number of aryl methyl sites for hydroxylation is 1. The lowest BCUT2D eigenvalue weighted by Crippen LogP contribution is -2.29. The molecule has 1 heterocycles. The molecular weight excluding hydrogens is 311 g/mol. The summed E-state index contributed by atoms with van der Waals surface area (Å²) in [6, 6.07) is 7.97. The van der Waals surface area contributed by atoms with Crippen LogP contribution in [0, 0.1) is 5.82 Å². The number of hydrogen-bond donors (Lipinski definition) is 0. The summed E-state index contributed by atoms with van der Waals surface area (Å²) in [5.74, 6) is -0.648. The quantitative estimate of drug-likeness (QED) is 0.845. The predicted molar refractivity (Wildman–Crippen MR) is 76.9 cm³/mol. The van der Waals surface area contributed by atoms with E-state index in [4.69, 9.17) is 0 Å². The van der Waals surface area contributed by atoms with Crippen molar-refractivity contribution in [1.29, 1.82) is 0 Å². The smallest absolute Gasteiger partial charge is 0.274 e. The number of anilines is 1. The second-order valence-corrected chi connectivity index (χ2v) is 5.06. The number of rotatable bonds is 3. The molecule has 2 rings (SSSR count). The lowest BCUT2D eigenvalue weighted by molar-refractivity contribution is 0.0983. The van der Waals surface area contributed by atoms with Crippen LogP contribution < -0.4 is 4.90 Å². The third-order valence-corrected chi connectivity index (χ3v) is 3.38. The summed E-state index contributed by atoms with van der Waals surface area (Å²) in [6.07, 6.45) is 1.84. The van der Waals surface area contributed by atoms with E-state index < -0.39 is 5.82 Å². The van der Waals surface area contributed by atoms with Gasteiger partial charge < -0.3 is 9.47 Å². The molecule has 19 heavy (non-hydrogen) atoms. The maximum absolute atomic E-state index is 13.7. The zero-order valence-corrected chi connectivity index (χ0v) is 12.3. The number of aromatic nitrogens is 1. The van der Waals surface area contributed by atoms with Crippen LogP contribution in [0.2, 0.25) is 0 Å². The minimum atomic E-state index is -0.410. The summed E-state index contributed by atoms with van der Waals surface area (Å²) in [7, 11) is 1.57. The fraction of sp³-hybridized carbons (Fsp3) is 0.214. The fourth-order valence-electron chi connectivity index (χ4n) is 1.92. The van der Waals surface area contributed by atoms with E-state index in [1.807, 2.05) is 17.7 Å². The number of nitrogens with zero attached hydrogens (tertiary/aromatic N) is 2. The highest BCUT2D eigenvalue weighted by Gasteiger charge is 2.19. The fourth-order valence-corrected chi connectivity index (χ4v) is 2.38. The molecule has 0 fully saturated rings. The van der Waals surface area contributed by atoms with E-state index in [0.29, 0.717) is 12.2 Å². The number of halogens is 2. The molecule has 0 saturated heterocycles. The number of carbonyl (C=O) groups is 1. The highest BCUT2D eigenvalue weighted by atomic mass is 79.9. The van der Waals surface area contributed by atoms with Crippen LogP contribution in [0.4, 0.5) is 10.1 Å². The van der Waals surface area contributed by atoms with Gasteiger partial charge in [0.25, 0.3) is 5.91 Å². The first kappa shape index (κ1) is 13.8. The molecule has 0 aliphatic heterocycles. The lowest BCUT2D eigenvalue weighted by atomic mass is 10.2. The molecule has 0 aliphatic rings. The van der Waals surface area contributed by atoms with Crippen molar-refractivity contribution in [2.75, 3.05) is 11.9 Å². The standard InChI is InChI=1S/C14H14BrFN2O/c1-3-18-9-10(15)8-13(18)14(19)17(2)12-7-5-4-6-11(12)16/h4-9H,3H2,1-2H3. The van der Waals surface area contributed by atoms with Crippen molar-refractivity contribution in [1.82, 2.24) is 4.57 Å². The number of benzene rings is 1. The van der Waals surface area contributed by atoms with Gasteiger partial charge in [-0.2, -0.15) is 0 Å². The van der Waals surface area contributed by atoms with Crippen molar-refractivity contribution in [3.05, 3.63) is 52.5 Å². The zero-order valence-electron chi connectivity index (χ0n) is 10.7. The van der Waals surface area contributed by atoms with E-state index in [0.717, 1.165) is 4.47 Å². The number of hydrogen-bond acceptors (Lipinski definition) is 1. The van der Waals surface area contributed by atoms with Crippen LogP contribution >= 0.6 is 15.9 Å². The van der Waals surface area contributed by atoms with Gasteiger partial charge in [-0.25, -0.2) is 4.39 Å². The average Bonchev–Trinajstić information content (AvgIpc) is 2.79. The molecule has 1 amide bonds. The van der Waals surface area contributed by atoms with Crippen molar-refractivity contribution in [2.24, 2.45) is 0 Å². The van der Waals surface area contributed by atoms with Crippen LogP contribution in [-0.2, 0) is 6.54 Å². The SMILES string of the molecule is CCn1cc(Br)cc1C(=O)N(C)c1ccccc1F. The molecule has 0 N–H and O–H groups in total. The summed E-state index contributed by atoms with van der Waals surface area (Å²) < 4.78 is 16.3. The molecule has 100 valence electrons. The second-order valence-electron chi connectivity index (χ2n) is 4.15. The maximum atomic E-state index is 13.7. The Hall–Kier alpha value is -1.62. The van der Waals surface area contributed by atoms with Crippen LogP contribution in [0.3, 0.4) is 0 Å². The second kappa shape index (κ2) is 5.57. The Labute approximate surface area is 119 Å². The third-order valence-electron chi connectivity index (χ3n) is 2.94. The average molecular weight is 325 g/mol. The largest absolute Gasteiger partial charge is 0.343 e. The molecule has 0 spiro atoms. The molecule has 5 heteroatoms. The Morgan fingerprint density at radius 3 is 2.74 bits per heavy atom. The van der Waals surface area contributed by atoms with Crippen molar-refractivity contribution in [3.63, 3.8) is 0 Å². The van der Waals surface area contributed by atoms with Crippen LogP contribution in [0.15, 0.2) is 41.0 Å². The van der Waals surface area contributed by atoms with Crippen molar-refractivity contribution in [3.8, 4) is 0 Å². The molecule has 0 aliphatic carbocycles. The monoisotopic (exact) mass is 324 g/mol. The van der Waals surface area contributed by atoms with E-state index in [-0.39, 0.29) is 11.6 Å². The van der Waals surface area contributed by atoms with E-state index in [2.05, 4.69) is 15.9 Å². The minimum absolute atomic E-state index is 0.238. The summed E-state index contributed by atoms with van der Waals surface area (Å²) in [5.41, 5.74) is 0.799. The summed E-state index contributed by atoms with van der Waals surface area (Å²) in [5, 5.41) is 0. The van der Waals surface area contributed by atoms with Gasteiger partial charge in [0.1, 0.15) is 11.5 Å². The van der Waals surface area contributed by atoms with Gasteiger partial charge in [0.15, 0.2) is 0 Å². The summed E-state index contributed by atoms with van der Waals surface area (Å²) in [4.78, 5) is 13.7. The molecule has 1 aromatic carbocycles. The topological polar surface area (TPSA) is 25.2 Å². The van der Waals surface area contributed by atoms with E-state index in [1.165, 1.54) is 11.0 Å². The summed E-state index contributed by atoms with van der Waals surface area (Å²) >= 11 is 3.35. The van der Waals surface area contributed by atoms with Crippen molar-refractivity contribution < 1.29 is 9.18 Å². The molecule has 0 radical (unpaired) electrons. The van der Waals surface area contributed by atoms with Crippen molar-refractivity contribution >= 4 is 27.5 Å². The molecule has 0 bridgehead atoms. The van der Waals surface area contributed by atoms with Gasteiger partial charge in [0, 0.05) is 24.3 Å². The summed E-state index contributed by atoms with van der Waals surface area (Å²) in [6.45, 7) is 2.63. The van der Waals surface area contributed by atoms with Gasteiger partial charge in [-0.15, -0.1) is 0 Å². The van der Waals surface area contributed by atoms with Gasteiger partial charge in [0.05, 0.1) is 5.69 Å². The van der Waals surface area contributed by atoms with E-state index in [1.54, 1.807) is 31.3 Å². The molecule has 0 saturated carbocycles. The Balaban J connectivity index is 2.36. The molecule has 1 aromatic heterocycles. The lowest BCUT2D eigenvalue weighted by Gasteiger charge is -2.18. The van der Waals surface area contributed by atoms with Crippen LogP contribution in [-0.4, -0.2) is 17.5 Å². The van der Waals surface area contributed by atoms with Gasteiger partial charge in [-0.1, -0.05) is 12.1 Å². The van der Waals surface area contributed by atoms with Crippen LogP contribution in [0.5, 0.6) is 0 Å². The van der Waals surface area contributed by atoms with E-state index >= 15 is 0 Å². The normalized spacial score (nSPS) is 10.5. The molecule has 3 nitrogen and oxygen atoms in total. The molecule has 0 atom stereocenters. The predicted octanol–water partition coefficient (Wildman–Crippen LogP) is 3.69. The third kappa shape index (κ3) is 2.71. The Bertz CT molecular complexity index is 609. The Kier molecular flexibility index (Phi) is 4.04. The Morgan fingerprint density at radius 1 is 1.42 bits per heavy atom. The van der Waals surface area contributed by atoms with Gasteiger partial charge in [0.2, 0.25) is 0 Å². The van der Waals surface area contributed by atoms with Crippen molar-refractivity contribution in [2.45, 2.75) is 13.5 Å². The first-order valence-corrected chi connectivity index (χ1v) is 6.72. The van der Waals surface area contributed by atoms with Gasteiger partial charge in [-0.05, 0) is 41.1 Å². The van der Waals surface area contributed by atoms with Gasteiger partial charge in [-0.3, -0.25) is 4.79 Å². The zero-order chi connectivity index (χ0) is 14.0. The minimum Gasteiger partial charge on any atom is -0.343 e.